The Morgan fingerprint density at radius 3 is 1.86 bits per heavy atom. The molecule has 0 aromatic heterocycles. The first-order valence-electron chi connectivity index (χ1n) is 10.3. The van der Waals surface area contributed by atoms with E-state index in [4.69, 9.17) is 18.7 Å². The van der Waals surface area contributed by atoms with Gasteiger partial charge < -0.3 is 9.84 Å². The van der Waals surface area contributed by atoms with Crippen molar-refractivity contribution in [1.29, 1.82) is 0 Å². The van der Waals surface area contributed by atoms with Gasteiger partial charge in [-0.15, -0.1) is 0 Å². The van der Waals surface area contributed by atoms with Gasteiger partial charge in [-0.05, 0) is 11.1 Å². The van der Waals surface area contributed by atoms with Crippen molar-refractivity contribution in [1.82, 2.24) is 0 Å². The predicted molar refractivity (Wildman–Crippen MR) is 134 cm³/mol. The van der Waals surface area contributed by atoms with Crippen LogP contribution in [-0.4, -0.2) is 29.1 Å². The number of ether oxygens (including phenoxy) is 1. The van der Waals surface area contributed by atoms with Crippen molar-refractivity contribution in [3.05, 3.63) is 85.7 Å². The second-order valence-corrected chi connectivity index (χ2v) is 15.9. The van der Waals surface area contributed by atoms with E-state index >= 15 is 0 Å². The summed E-state index contributed by atoms with van der Waals surface area (Å²) < 4.78 is 28.3. The second-order valence-electron chi connectivity index (χ2n) is 9.03. The SMILES string of the molecule is CC(C)(C)SC(=O)[C@H](OCc1ccccc1)[C@H](O)c1ccccc1[Si](C)(C)C.[C-]#[O+].[C-]#[O+].[C-]#[O+].[Cr]. The maximum atomic E-state index is 13.0. The molecule has 6 nitrogen and oxygen atoms in total. The maximum absolute atomic E-state index is 13.0. The summed E-state index contributed by atoms with van der Waals surface area (Å²) >= 11 is 1.22. The maximum Gasteiger partial charge on any atom is 0 e. The van der Waals surface area contributed by atoms with Gasteiger partial charge in [0.2, 0.25) is 5.12 Å². The fraction of sp³-hybridized carbons (Fsp3) is 0.385. The molecule has 0 bridgehead atoms. The number of hydrogen-bond acceptors (Lipinski definition) is 4. The Morgan fingerprint density at radius 1 is 0.943 bits per heavy atom. The molecule has 9 heteroatoms. The molecule has 0 aliphatic rings. The molecule has 0 unspecified atom stereocenters. The van der Waals surface area contributed by atoms with Crippen molar-refractivity contribution in [2.45, 2.75) is 64.0 Å². The smallest absolute Gasteiger partial charge is 0 e. The van der Waals surface area contributed by atoms with Crippen LogP contribution in [0.3, 0.4) is 0 Å². The van der Waals surface area contributed by atoms with E-state index < -0.39 is 20.3 Å². The van der Waals surface area contributed by atoms with Gasteiger partial charge in [0.25, 0.3) is 0 Å². The van der Waals surface area contributed by atoms with Gasteiger partial charge in [-0.1, -0.05) is 112 Å². The third kappa shape index (κ3) is 14.5. The van der Waals surface area contributed by atoms with E-state index in [0.29, 0.717) is 0 Å². The molecular weight excluding hydrogens is 520 g/mol. The van der Waals surface area contributed by atoms with E-state index in [1.165, 1.54) is 11.8 Å². The van der Waals surface area contributed by atoms with Gasteiger partial charge >= 0.3 is 33.9 Å². The van der Waals surface area contributed by atoms with Gasteiger partial charge in [-0.3, -0.25) is 4.79 Å². The van der Waals surface area contributed by atoms with Crippen molar-refractivity contribution in [2.24, 2.45) is 0 Å². The van der Waals surface area contributed by atoms with Crippen LogP contribution in [-0.2, 0) is 47.5 Å². The van der Waals surface area contributed by atoms with Crippen LogP contribution in [0, 0.1) is 20.0 Å². The van der Waals surface area contributed by atoms with Crippen molar-refractivity contribution < 1.29 is 46.0 Å². The van der Waals surface area contributed by atoms with E-state index in [0.717, 1.165) is 16.3 Å². The van der Waals surface area contributed by atoms with Crippen LogP contribution < -0.4 is 5.19 Å². The predicted octanol–water partition coefficient (Wildman–Crippen LogP) is 4.79. The van der Waals surface area contributed by atoms with Crippen LogP contribution in [0.2, 0.25) is 19.6 Å². The number of aliphatic hydroxyl groups is 1. The standard InChI is InChI=1S/C23H32O3SSi.3CO.Cr/c1-23(2,3)27-22(25)21(26-16-17-12-8-7-9-13-17)20(24)18-14-10-11-15-19(18)28(4,5)6;3*1-2;/h7-15,20-21,24H,16H2,1-6H3;;;;/t20-,21-;;;;/m1..../s1. The molecule has 1 N–H and O–H groups in total. The first-order valence-corrected chi connectivity index (χ1v) is 14.6. The Labute approximate surface area is 225 Å². The van der Waals surface area contributed by atoms with E-state index in [9.17, 15) is 9.90 Å². The summed E-state index contributed by atoms with van der Waals surface area (Å²) in [4.78, 5) is 13.0. The van der Waals surface area contributed by atoms with Crippen LogP contribution in [0.4, 0.5) is 0 Å². The molecule has 2 atom stereocenters. The summed E-state index contributed by atoms with van der Waals surface area (Å²) in [5.41, 5.74) is 1.79. The molecule has 2 aromatic carbocycles. The summed E-state index contributed by atoms with van der Waals surface area (Å²) in [6, 6.07) is 17.6. The molecule has 0 amide bonds. The number of benzene rings is 2. The molecule has 0 saturated carbocycles. The van der Waals surface area contributed by atoms with Gasteiger partial charge in [0.1, 0.15) is 6.10 Å². The number of aliphatic hydroxyl groups excluding tert-OH is 1. The Balaban J connectivity index is -0.00000135. The Hall–Kier alpha value is -1.65. The molecular formula is C26H32CrO6SSi. The van der Waals surface area contributed by atoms with Crippen LogP contribution in [0.1, 0.15) is 38.0 Å². The summed E-state index contributed by atoms with van der Waals surface area (Å²) in [7, 11) is -1.69. The molecule has 35 heavy (non-hydrogen) atoms. The minimum Gasteiger partial charge on any atom is 0 e. The van der Waals surface area contributed by atoms with Crippen molar-refractivity contribution in [3.8, 4) is 0 Å². The third-order valence-electron chi connectivity index (χ3n) is 4.29. The summed E-state index contributed by atoms with van der Waals surface area (Å²) in [5.74, 6) is 0. The molecule has 2 rings (SSSR count). The molecule has 2 aromatic rings. The minimum atomic E-state index is -1.69. The molecule has 188 valence electrons. The average molecular weight is 553 g/mol. The monoisotopic (exact) mass is 552 g/mol. The minimum absolute atomic E-state index is 0. The average Bonchev–Trinajstić information content (AvgIpc) is 2.82. The van der Waals surface area contributed by atoms with Gasteiger partial charge in [0.05, 0.1) is 14.7 Å². The molecule has 0 fully saturated rings. The van der Waals surface area contributed by atoms with E-state index in [2.05, 4.69) is 45.7 Å². The molecule has 0 aliphatic heterocycles. The zero-order valence-corrected chi connectivity index (χ0v) is 24.0. The van der Waals surface area contributed by atoms with Crippen LogP contribution in [0.15, 0.2) is 54.6 Å². The second kappa shape index (κ2) is 19.5. The van der Waals surface area contributed by atoms with Gasteiger partial charge in [-0.2, -0.15) is 0 Å². The normalized spacial score (nSPS) is 11.8. The molecule has 0 saturated heterocycles. The number of carbonyl (C=O) groups is 1. The first-order chi connectivity index (χ1) is 16.0. The van der Waals surface area contributed by atoms with E-state index in [1.54, 1.807) is 0 Å². The quantitative estimate of drug-likeness (QED) is 0.303. The zero-order chi connectivity index (χ0) is 26.9. The van der Waals surface area contributed by atoms with Crippen molar-refractivity contribution in [3.63, 3.8) is 0 Å². The number of carbonyl (C=O) groups excluding carboxylic acids is 1. The zero-order valence-electron chi connectivity index (χ0n) is 20.9. The molecule has 0 radical (unpaired) electrons. The summed E-state index contributed by atoms with van der Waals surface area (Å²) in [6.45, 7) is 26.5. The topological polar surface area (TPSA) is 106 Å². The fourth-order valence-electron chi connectivity index (χ4n) is 3.01. The van der Waals surface area contributed by atoms with Crippen molar-refractivity contribution in [2.75, 3.05) is 0 Å². The largest absolute Gasteiger partial charge is 0 e. The van der Waals surface area contributed by atoms with Crippen LogP contribution in [0.5, 0.6) is 0 Å². The molecule has 0 spiro atoms. The fourth-order valence-corrected chi connectivity index (χ4v) is 5.62. The Bertz CT molecular complexity index is 903. The van der Waals surface area contributed by atoms with Gasteiger partial charge in [0.15, 0.2) is 6.10 Å². The third-order valence-corrected chi connectivity index (χ3v) is 7.40. The van der Waals surface area contributed by atoms with E-state index in [1.807, 2.05) is 69.3 Å². The summed E-state index contributed by atoms with van der Waals surface area (Å²) in [5, 5.41) is 12.3. The number of rotatable bonds is 7. The first kappa shape index (κ1) is 37.9. The van der Waals surface area contributed by atoms with Crippen LogP contribution >= 0.6 is 11.8 Å². The molecule has 0 heterocycles. The number of thioether (sulfide) groups is 1. The van der Waals surface area contributed by atoms with E-state index in [-0.39, 0.29) is 33.8 Å². The number of hydrogen-bond donors (Lipinski definition) is 1. The Kier molecular flexibility index (Phi) is 21.1. The molecule has 0 aliphatic carbocycles. The van der Waals surface area contributed by atoms with Crippen molar-refractivity contribution >= 4 is 30.1 Å². The Morgan fingerprint density at radius 2 is 1.40 bits per heavy atom. The summed E-state index contributed by atoms with van der Waals surface area (Å²) in [6.07, 6.45) is -1.91. The van der Waals surface area contributed by atoms with Gasteiger partial charge in [0, 0.05) is 22.1 Å². The van der Waals surface area contributed by atoms with Crippen LogP contribution in [0.25, 0.3) is 0 Å². The van der Waals surface area contributed by atoms with Gasteiger partial charge in [-0.25, -0.2) is 0 Å².